The van der Waals surface area contributed by atoms with Crippen LogP contribution in [0.15, 0.2) is 71.1 Å². The Morgan fingerprint density at radius 2 is 1.84 bits per heavy atom. The van der Waals surface area contributed by atoms with E-state index in [1.807, 2.05) is 12.1 Å². The van der Waals surface area contributed by atoms with Gasteiger partial charge in [-0.15, -0.1) is 0 Å². The van der Waals surface area contributed by atoms with Crippen molar-refractivity contribution in [1.29, 1.82) is 0 Å². The van der Waals surface area contributed by atoms with E-state index in [0.717, 1.165) is 5.56 Å². The summed E-state index contributed by atoms with van der Waals surface area (Å²) in [7, 11) is 0. The lowest BCUT2D eigenvalue weighted by atomic mass is 10.1. The fourth-order valence-corrected chi connectivity index (χ4v) is 3.24. The van der Waals surface area contributed by atoms with Crippen molar-refractivity contribution < 1.29 is 23.5 Å². The second-order valence-corrected chi connectivity index (χ2v) is 7.22. The molecular formula is C24H19ClN2O5. The zero-order chi connectivity index (χ0) is 22.5. The summed E-state index contributed by atoms with van der Waals surface area (Å²) < 4.78 is 16.2. The first-order valence-electron chi connectivity index (χ1n) is 9.90. The quantitative estimate of drug-likeness (QED) is 0.367. The summed E-state index contributed by atoms with van der Waals surface area (Å²) in [4.78, 5) is 28.2. The third-order valence-electron chi connectivity index (χ3n) is 4.48. The molecule has 0 unspecified atom stereocenters. The molecule has 162 valence electrons. The molecular weight excluding hydrogens is 432 g/mol. The number of hydrogen-bond acceptors (Lipinski definition) is 6. The van der Waals surface area contributed by atoms with Crippen LogP contribution in [0.25, 0.3) is 11.1 Å². The van der Waals surface area contributed by atoms with Gasteiger partial charge in [0.25, 0.3) is 5.89 Å². The Morgan fingerprint density at radius 1 is 1.06 bits per heavy atom. The first-order chi connectivity index (χ1) is 15.5. The molecule has 3 aromatic carbocycles. The van der Waals surface area contributed by atoms with Crippen LogP contribution in [-0.2, 0) is 16.0 Å². The van der Waals surface area contributed by atoms with Gasteiger partial charge in [0, 0.05) is 5.69 Å². The van der Waals surface area contributed by atoms with Crippen LogP contribution in [0.2, 0.25) is 5.02 Å². The van der Waals surface area contributed by atoms with Crippen LogP contribution < -0.4 is 10.1 Å². The molecule has 8 heteroatoms. The van der Waals surface area contributed by atoms with Gasteiger partial charge in [-0.3, -0.25) is 9.59 Å². The van der Waals surface area contributed by atoms with Gasteiger partial charge in [-0.2, -0.15) is 0 Å². The van der Waals surface area contributed by atoms with Crippen molar-refractivity contribution >= 4 is 40.3 Å². The Labute approximate surface area is 188 Å². The van der Waals surface area contributed by atoms with E-state index in [1.165, 1.54) is 0 Å². The molecule has 32 heavy (non-hydrogen) atoms. The maximum Gasteiger partial charge on any atom is 0.311 e. The highest BCUT2D eigenvalue weighted by Crippen LogP contribution is 2.31. The molecule has 0 bridgehead atoms. The van der Waals surface area contributed by atoms with E-state index in [-0.39, 0.29) is 18.3 Å². The number of aromatic nitrogens is 1. The van der Waals surface area contributed by atoms with Gasteiger partial charge >= 0.3 is 11.9 Å². The Bertz CT molecular complexity index is 1230. The van der Waals surface area contributed by atoms with Crippen LogP contribution in [-0.4, -0.2) is 23.5 Å². The highest BCUT2D eigenvalue weighted by molar-refractivity contribution is 6.32. The average Bonchev–Trinajstić information content (AvgIpc) is 3.22. The molecule has 1 aromatic heterocycles. The largest absolute Gasteiger partial charge is 0.466 e. The summed E-state index contributed by atoms with van der Waals surface area (Å²) in [6.45, 7) is 2.09. The Balaban J connectivity index is 1.39. The number of halogens is 1. The van der Waals surface area contributed by atoms with Crippen LogP contribution in [0.4, 0.5) is 5.69 Å². The zero-order valence-corrected chi connectivity index (χ0v) is 17.9. The molecule has 1 heterocycles. The van der Waals surface area contributed by atoms with Gasteiger partial charge in [0.05, 0.1) is 18.1 Å². The minimum Gasteiger partial charge on any atom is -0.466 e. The second kappa shape index (κ2) is 9.53. The number of esters is 1. The molecule has 0 saturated heterocycles. The lowest BCUT2D eigenvalue weighted by Gasteiger charge is -2.10. The minimum atomic E-state index is -0.449. The van der Waals surface area contributed by atoms with E-state index in [2.05, 4.69) is 10.3 Å². The summed E-state index contributed by atoms with van der Waals surface area (Å²) in [6.07, 6.45) is 0.141. The normalized spacial score (nSPS) is 10.7. The summed E-state index contributed by atoms with van der Waals surface area (Å²) in [6, 6.07) is 19.1. The first kappa shape index (κ1) is 21.4. The fraction of sp³-hybridized carbons (Fsp3) is 0.125. The van der Waals surface area contributed by atoms with E-state index in [0.29, 0.717) is 39.9 Å². The number of nitrogens with one attached hydrogen (secondary N) is 1. The van der Waals surface area contributed by atoms with Gasteiger partial charge in [0.2, 0.25) is 0 Å². The van der Waals surface area contributed by atoms with E-state index in [9.17, 15) is 9.59 Å². The number of oxazole rings is 1. The molecule has 0 aliphatic heterocycles. The second-order valence-electron chi connectivity index (χ2n) is 6.81. The number of nitrogens with zero attached hydrogens (tertiary/aromatic N) is 1. The molecule has 1 amide bonds. The molecule has 0 radical (unpaired) electrons. The summed E-state index contributed by atoms with van der Waals surface area (Å²) >= 11 is 6.29. The standard InChI is InChI=1S/C24H19ClN2O5/c1-2-30-22(28)14-15-7-12-20(18(25)13-15)31-17-10-8-16(9-11-17)26-23(29)24-27-19-5-3-4-6-21(19)32-24/h3-13H,2,14H2,1H3,(H,26,29). The van der Waals surface area contributed by atoms with Crippen molar-refractivity contribution in [3.63, 3.8) is 0 Å². The monoisotopic (exact) mass is 450 g/mol. The molecule has 4 rings (SSSR count). The van der Waals surface area contributed by atoms with Gasteiger partial charge < -0.3 is 19.2 Å². The number of carbonyl (C=O) groups is 2. The molecule has 0 atom stereocenters. The number of ether oxygens (including phenoxy) is 2. The van der Waals surface area contributed by atoms with Crippen molar-refractivity contribution in [1.82, 2.24) is 4.98 Å². The van der Waals surface area contributed by atoms with Gasteiger partial charge in [-0.1, -0.05) is 29.8 Å². The number of carbonyl (C=O) groups excluding carboxylic acids is 2. The number of anilines is 1. The smallest absolute Gasteiger partial charge is 0.311 e. The SMILES string of the molecule is CCOC(=O)Cc1ccc(Oc2ccc(NC(=O)c3nc4ccccc4o3)cc2)c(Cl)c1. The number of amides is 1. The van der Waals surface area contributed by atoms with Crippen LogP contribution in [0.1, 0.15) is 23.2 Å². The number of benzene rings is 3. The van der Waals surface area contributed by atoms with Gasteiger partial charge in [-0.25, -0.2) is 4.98 Å². The Morgan fingerprint density at radius 3 is 2.56 bits per heavy atom. The van der Waals surface area contributed by atoms with Gasteiger partial charge in [-0.05, 0) is 61.0 Å². The highest BCUT2D eigenvalue weighted by Gasteiger charge is 2.14. The van der Waals surface area contributed by atoms with Crippen LogP contribution in [0, 0.1) is 0 Å². The van der Waals surface area contributed by atoms with Crippen LogP contribution in [0.5, 0.6) is 11.5 Å². The maximum atomic E-state index is 12.4. The number of hydrogen-bond donors (Lipinski definition) is 1. The number of para-hydroxylation sites is 2. The Kier molecular flexibility index (Phi) is 6.37. The van der Waals surface area contributed by atoms with Crippen molar-refractivity contribution in [2.75, 3.05) is 11.9 Å². The van der Waals surface area contributed by atoms with E-state index in [1.54, 1.807) is 61.5 Å². The van der Waals surface area contributed by atoms with Gasteiger partial charge in [0.1, 0.15) is 17.0 Å². The van der Waals surface area contributed by atoms with Crippen molar-refractivity contribution in [3.8, 4) is 11.5 Å². The molecule has 1 N–H and O–H groups in total. The zero-order valence-electron chi connectivity index (χ0n) is 17.1. The maximum absolute atomic E-state index is 12.4. The van der Waals surface area contributed by atoms with E-state index in [4.69, 9.17) is 25.5 Å². The predicted molar refractivity (Wildman–Crippen MR) is 120 cm³/mol. The topological polar surface area (TPSA) is 90.7 Å². The average molecular weight is 451 g/mol. The van der Waals surface area contributed by atoms with E-state index < -0.39 is 5.91 Å². The lowest BCUT2D eigenvalue weighted by Crippen LogP contribution is -2.12. The molecule has 0 spiro atoms. The highest BCUT2D eigenvalue weighted by atomic mass is 35.5. The van der Waals surface area contributed by atoms with Crippen LogP contribution >= 0.6 is 11.6 Å². The lowest BCUT2D eigenvalue weighted by molar-refractivity contribution is -0.142. The molecule has 0 saturated carbocycles. The molecule has 0 fully saturated rings. The van der Waals surface area contributed by atoms with Crippen molar-refractivity contribution in [3.05, 3.63) is 83.2 Å². The third kappa shape index (κ3) is 5.07. The number of rotatable bonds is 7. The molecule has 7 nitrogen and oxygen atoms in total. The van der Waals surface area contributed by atoms with Gasteiger partial charge in [0.15, 0.2) is 5.58 Å². The van der Waals surface area contributed by atoms with Crippen molar-refractivity contribution in [2.24, 2.45) is 0 Å². The summed E-state index contributed by atoms with van der Waals surface area (Å²) in [5.41, 5.74) is 2.46. The summed E-state index contributed by atoms with van der Waals surface area (Å²) in [5, 5.41) is 3.11. The molecule has 4 aromatic rings. The Hall–Kier alpha value is -3.84. The third-order valence-corrected chi connectivity index (χ3v) is 4.77. The first-order valence-corrected chi connectivity index (χ1v) is 10.3. The van der Waals surface area contributed by atoms with Crippen molar-refractivity contribution in [2.45, 2.75) is 13.3 Å². The molecule has 0 aliphatic carbocycles. The minimum absolute atomic E-state index is 0.0128. The van der Waals surface area contributed by atoms with E-state index >= 15 is 0 Å². The molecule has 0 aliphatic rings. The van der Waals surface area contributed by atoms with Crippen LogP contribution in [0.3, 0.4) is 0 Å². The summed E-state index contributed by atoms with van der Waals surface area (Å²) in [5.74, 6) is 0.205. The fourth-order valence-electron chi connectivity index (χ4n) is 3.00. The predicted octanol–water partition coefficient (Wildman–Crippen LogP) is 5.63. The number of fused-ring (bicyclic) bond motifs is 1.